The van der Waals surface area contributed by atoms with Crippen molar-refractivity contribution in [2.24, 2.45) is 13.0 Å². The van der Waals surface area contributed by atoms with Crippen LogP contribution < -0.4 is 5.32 Å². The van der Waals surface area contributed by atoms with E-state index in [0.717, 1.165) is 23.4 Å². The Balaban J connectivity index is 1.86. The van der Waals surface area contributed by atoms with Gasteiger partial charge >= 0.3 is 0 Å². The van der Waals surface area contributed by atoms with Crippen molar-refractivity contribution in [3.8, 4) is 0 Å². The van der Waals surface area contributed by atoms with Crippen LogP contribution in [0.3, 0.4) is 0 Å². The fourth-order valence-electron chi connectivity index (χ4n) is 1.64. The first kappa shape index (κ1) is 10.7. The molecule has 1 aliphatic rings. The summed E-state index contributed by atoms with van der Waals surface area (Å²) in [5.41, 5.74) is 0.706. The van der Waals surface area contributed by atoms with Gasteiger partial charge in [0.05, 0.1) is 0 Å². The van der Waals surface area contributed by atoms with Crippen LogP contribution in [-0.4, -0.2) is 17.0 Å². The molecule has 1 aromatic heterocycles. The Bertz CT molecular complexity index is 369. The van der Waals surface area contributed by atoms with Crippen molar-refractivity contribution in [3.63, 3.8) is 0 Å². The molecule has 0 radical (unpaired) electrons. The third-order valence-corrected chi connectivity index (χ3v) is 3.17. The minimum Gasteiger partial charge on any atom is -0.351 e. The van der Waals surface area contributed by atoms with Crippen LogP contribution in [-0.2, 0) is 7.05 Å². The summed E-state index contributed by atoms with van der Waals surface area (Å²) in [5.74, 6) is 0.884. The fraction of sp³-hybridized carbons (Fsp3) is 0.545. The lowest BCUT2D eigenvalue weighted by Crippen LogP contribution is -2.26. The number of aryl methyl sites for hydroxylation is 1. The van der Waals surface area contributed by atoms with E-state index in [0.29, 0.717) is 5.69 Å². The Morgan fingerprint density at radius 2 is 2.40 bits per heavy atom. The number of nitrogens with one attached hydrogen (secondary N) is 1. The summed E-state index contributed by atoms with van der Waals surface area (Å²) in [7, 11) is 1.88. The van der Waals surface area contributed by atoms with Crippen molar-refractivity contribution in [3.05, 3.63) is 22.4 Å². The van der Waals surface area contributed by atoms with Gasteiger partial charge in [0.2, 0.25) is 0 Å². The maximum Gasteiger partial charge on any atom is 0.267 e. The highest BCUT2D eigenvalue weighted by molar-refractivity contribution is 9.10. The molecule has 4 heteroatoms. The highest BCUT2D eigenvalue weighted by atomic mass is 79.9. The third-order valence-electron chi connectivity index (χ3n) is 2.74. The largest absolute Gasteiger partial charge is 0.351 e. The average molecular weight is 271 g/mol. The maximum absolute atomic E-state index is 11.7. The smallest absolute Gasteiger partial charge is 0.267 e. The molecule has 1 N–H and O–H groups in total. The lowest BCUT2D eigenvalue weighted by Gasteiger charge is -2.04. The van der Waals surface area contributed by atoms with Gasteiger partial charge in [0.25, 0.3) is 5.91 Å². The number of hydrogen-bond acceptors (Lipinski definition) is 1. The standard InChI is InChI=1S/C11H15BrN2O/c1-14-7-9(12)6-10(14)11(15)13-5-4-8-2-3-8/h6-8H,2-5H2,1H3,(H,13,15). The zero-order chi connectivity index (χ0) is 10.8. The first-order valence-corrected chi connectivity index (χ1v) is 6.06. The number of aromatic nitrogens is 1. The minimum atomic E-state index is 0.0175. The van der Waals surface area contributed by atoms with Crippen LogP contribution in [0.25, 0.3) is 0 Å². The summed E-state index contributed by atoms with van der Waals surface area (Å²) in [4.78, 5) is 11.7. The Labute approximate surface area is 98.0 Å². The topological polar surface area (TPSA) is 34.0 Å². The summed E-state index contributed by atoms with van der Waals surface area (Å²) in [6, 6.07) is 1.84. The minimum absolute atomic E-state index is 0.0175. The van der Waals surface area contributed by atoms with Crippen molar-refractivity contribution in [1.82, 2.24) is 9.88 Å². The molecule has 0 atom stereocenters. The molecule has 1 saturated carbocycles. The molecule has 15 heavy (non-hydrogen) atoms. The molecule has 0 spiro atoms. The Morgan fingerprint density at radius 3 is 2.93 bits per heavy atom. The number of hydrogen-bond donors (Lipinski definition) is 1. The molecule has 0 saturated heterocycles. The van der Waals surface area contributed by atoms with E-state index >= 15 is 0 Å². The SMILES string of the molecule is Cn1cc(Br)cc1C(=O)NCCC1CC1. The number of carbonyl (C=O) groups is 1. The van der Waals surface area contributed by atoms with Crippen LogP contribution in [0.15, 0.2) is 16.7 Å². The molecule has 0 aromatic carbocycles. The first-order chi connectivity index (χ1) is 7.16. The normalized spacial score (nSPS) is 15.3. The van der Waals surface area contributed by atoms with E-state index in [9.17, 15) is 4.79 Å². The second kappa shape index (κ2) is 4.39. The zero-order valence-corrected chi connectivity index (χ0v) is 10.4. The quantitative estimate of drug-likeness (QED) is 0.895. The number of halogens is 1. The molecule has 1 aliphatic carbocycles. The van der Waals surface area contributed by atoms with E-state index in [1.165, 1.54) is 12.8 Å². The van der Waals surface area contributed by atoms with Crippen molar-refractivity contribution >= 4 is 21.8 Å². The molecular formula is C11H15BrN2O. The summed E-state index contributed by atoms with van der Waals surface area (Å²) in [6.07, 6.45) is 5.68. The number of rotatable bonds is 4. The van der Waals surface area contributed by atoms with Gasteiger partial charge in [-0.1, -0.05) is 12.8 Å². The molecular weight excluding hydrogens is 256 g/mol. The third kappa shape index (κ3) is 2.84. The molecule has 1 amide bonds. The predicted octanol–water partition coefficient (Wildman–Crippen LogP) is 2.32. The molecule has 1 aromatic rings. The monoisotopic (exact) mass is 270 g/mol. The maximum atomic E-state index is 11.7. The molecule has 1 fully saturated rings. The van der Waals surface area contributed by atoms with Crippen LogP contribution in [0.2, 0.25) is 0 Å². The Hall–Kier alpha value is -0.770. The highest BCUT2D eigenvalue weighted by Crippen LogP contribution is 2.31. The molecule has 0 unspecified atom stereocenters. The molecule has 82 valence electrons. The van der Waals surface area contributed by atoms with Crippen LogP contribution in [0, 0.1) is 5.92 Å². The number of amides is 1. The fourth-order valence-corrected chi connectivity index (χ4v) is 2.16. The van der Waals surface area contributed by atoms with Crippen LogP contribution >= 0.6 is 15.9 Å². The number of nitrogens with zero attached hydrogens (tertiary/aromatic N) is 1. The first-order valence-electron chi connectivity index (χ1n) is 5.27. The lowest BCUT2D eigenvalue weighted by molar-refractivity contribution is 0.0944. The Morgan fingerprint density at radius 1 is 1.67 bits per heavy atom. The van der Waals surface area contributed by atoms with Gasteiger partial charge in [-0.15, -0.1) is 0 Å². The van der Waals surface area contributed by atoms with Gasteiger partial charge in [0.15, 0.2) is 0 Å². The van der Waals surface area contributed by atoms with Crippen molar-refractivity contribution in [2.45, 2.75) is 19.3 Å². The van der Waals surface area contributed by atoms with E-state index in [-0.39, 0.29) is 5.91 Å². The van der Waals surface area contributed by atoms with Crippen molar-refractivity contribution < 1.29 is 4.79 Å². The molecule has 3 nitrogen and oxygen atoms in total. The van der Waals surface area contributed by atoms with Gasteiger partial charge in [-0.05, 0) is 34.3 Å². The molecule has 1 heterocycles. The van der Waals surface area contributed by atoms with Crippen molar-refractivity contribution in [1.29, 1.82) is 0 Å². The highest BCUT2D eigenvalue weighted by Gasteiger charge is 2.21. The second-order valence-electron chi connectivity index (χ2n) is 4.14. The summed E-state index contributed by atoms with van der Waals surface area (Å²) < 4.78 is 2.77. The van der Waals surface area contributed by atoms with Gasteiger partial charge in [-0.3, -0.25) is 4.79 Å². The summed E-state index contributed by atoms with van der Waals surface area (Å²) in [5, 5.41) is 2.94. The van der Waals surface area contributed by atoms with Crippen LogP contribution in [0.4, 0.5) is 0 Å². The van der Waals surface area contributed by atoms with E-state index < -0.39 is 0 Å². The van der Waals surface area contributed by atoms with Crippen molar-refractivity contribution in [2.75, 3.05) is 6.54 Å². The average Bonchev–Trinajstić information content (AvgIpc) is 2.92. The lowest BCUT2D eigenvalue weighted by atomic mass is 10.3. The van der Waals surface area contributed by atoms with E-state index in [1.54, 1.807) is 0 Å². The van der Waals surface area contributed by atoms with Crippen LogP contribution in [0.1, 0.15) is 29.8 Å². The van der Waals surface area contributed by atoms with Gasteiger partial charge < -0.3 is 9.88 Å². The molecule has 0 bridgehead atoms. The van der Waals surface area contributed by atoms with E-state index in [1.807, 2.05) is 23.9 Å². The van der Waals surface area contributed by atoms with E-state index in [2.05, 4.69) is 21.2 Å². The molecule has 2 rings (SSSR count). The van der Waals surface area contributed by atoms with Gasteiger partial charge in [0.1, 0.15) is 5.69 Å². The second-order valence-corrected chi connectivity index (χ2v) is 5.06. The number of carbonyl (C=O) groups excluding carboxylic acids is 1. The summed E-state index contributed by atoms with van der Waals surface area (Å²) >= 11 is 3.35. The Kier molecular flexibility index (Phi) is 3.14. The van der Waals surface area contributed by atoms with Gasteiger partial charge in [-0.2, -0.15) is 0 Å². The van der Waals surface area contributed by atoms with Crippen LogP contribution in [0.5, 0.6) is 0 Å². The van der Waals surface area contributed by atoms with Gasteiger partial charge in [-0.25, -0.2) is 0 Å². The predicted molar refractivity (Wildman–Crippen MR) is 62.8 cm³/mol. The summed E-state index contributed by atoms with van der Waals surface area (Å²) in [6.45, 7) is 0.798. The van der Waals surface area contributed by atoms with E-state index in [4.69, 9.17) is 0 Å². The van der Waals surface area contributed by atoms with Gasteiger partial charge in [0, 0.05) is 24.3 Å². The molecule has 0 aliphatic heterocycles. The zero-order valence-electron chi connectivity index (χ0n) is 8.79.